The molecule has 0 radical (unpaired) electrons. The van der Waals surface area contributed by atoms with E-state index in [2.05, 4.69) is 17.2 Å². The highest BCUT2D eigenvalue weighted by molar-refractivity contribution is 6.00. The number of unbranched alkanes of at least 4 members (excludes halogenated alkanes) is 1. The maximum Gasteiger partial charge on any atom is 0.303 e. The Bertz CT molecular complexity index is 1860. The normalized spacial score (nSPS) is 10.8. The summed E-state index contributed by atoms with van der Waals surface area (Å²) in [6.07, 6.45) is 6.31. The van der Waals surface area contributed by atoms with Gasteiger partial charge in [0.1, 0.15) is 11.6 Å². The van der Waals surface area contributed by atoms with Crippen molar-refractivity contribution in [1.82, 2.24) is 9.97 Å². The van der Waals surface area contributed by atoms with E-state index in [-0.39, 0.29) is 24.4 Å². The summed E-state index contributed by atoms with van der Waals surface area (Å²) in [4.78, 5) is 30.5. The number of H-pyrrole nitrogens is 1. The highest BCUT2D eigenvalue weighted by Crippen LogP contribution is 2.34. The number of rotatable bonds is 14. The molecule has 5 aromatic rings. The van der Waals surface area contributed by atoms with Gasteiger partial charge in [-0.05, 0) is 78.4 Å². The number of amides is 1. The van der Waals surface area contributed by atoms with Gasteiger partial charge in [-0.1, -0.05) is 80.9 Å². The summed E-state index contributed by atoms with van der Waals surface area (Å²) in [6, 6.07) is 29.9. The number of primary amides is 1. The SMILES string of the molecule is CCCCNc1ccc(-c2nc(-c3ccc(C(=N)CCC(=O)O)cc3)c(-c3ccc(/C=C/C(N)=O)cc3)[nH]2)cc1.CCc1ccc(F)cc1. The van der Waals surface area contributed by atoms with Crippen LogP contribution in [0.5, 0.6) is 0 Å². The van der Waals surface area contributed by atoms with E-state index in [1.165, 1.54) is 23.8 Å². The molecule has 49 heavy (non-hydrogen) atoms. The summed E-state index contributed by atoms with van der Waals surface area (Å²) in [5.74, 6) is -0.861. The van der Waals surface area contributed by atoms with E-state index in [0.717, 1.165) is 71.0 Å². The largest absolute Gasteiger partial charge is 0.481 e. The number of nitrogens with two attached hydrogens (primary N) is 1. The van der Waals surface area contributed by atoms with E-state index >= 15 is 0 Å². The van der Waals surface area contributed by atoms with Gasteiger partial charge in [0.05, 0.1) is 17.8 Å². The van der Waals surface area contributed by atoms with Gasteiger partial charge in [0.25, 0.3) is 0 Å². The first-order valence-electron chi connectivity index (χ1n) is 16.3. The number of anilines is 1. The lowest BCUT2D eigenvalue weighted by molar-refractivity contribution is -0.136. The van der Waals surface area contributed by atoms with E-state index < -0.39 is 11.9 Å². The number of nitrogens with zero attached hydrogens (tertiary/aromatic N) is 1. The van der Waals surface area contributed by atoms with Crippen molar-refractivity contribution in [1.29, 1.82) is 5.41 Å². The maximum atomic E-state index is 12.2. The van der Waals surface area contributed by atoms with E-state index in [9.17, 15) is 14.0 Å². The number of carbonyl (C=O) groups is 2. The Morgan fingerprint density at radius 1 is 0.878 bits per heavy atom. The lowest BCUT2D eigenvalue weighted by Gasteiger charge is -2.06. The summed E-state index contributed by atoms with van der Waals surface area (Å²) in [7, 11) is 0. The molecule has 5 rings (SSSR count). The molecule has 1 amide bonds. The van der Waals surface area contributed by atoms with Gasteiger partial charge < -0.3 is 26.6 Å². The van der Waals surface area contributed by atoms with Crippen molar-refractivity contribution < 1.29 is 19.1 Å². The third-order valence-electron chi connectivity index (χ3n) is 7.78. The molecular formula is C40H42FN5O3. The van der Waals surface area contributed by atoms with Crippen LogP contribution in [0.4, 0.5) is 10.1 Å². The molecule has 1 aromatic heterocycles. The molecule has 6 N–H and O–H groups in total. The molecule has 0 aliphatic heterocycles. The van der Waals surface area contributed by atoms with Crippen LogP contribution in [0.1, 0.15) is 56.2 Å². The second-order valence-corrected chi connectivity index (χ2v) is 11.5. The Morgan fingerprint density at radius 3 is 2.10 bits per heavy atom. The summed E-state index contributed by atoms with van der Waals surface area (Å²) < 4.78 is 12.2. The number of carboxylic acids is 1. The minimum absolute atomic E-state index is 0.0784. The van der Waals surface area contributed by atoms with Crippen LogP contribution < -0.4 is 11.1 Å². The van der Waals surface area contributed by atoms with Crippen molar-refractivity contribution in [2.45, 2.75) is 46.0 Å². The Morgan fingerprint density at radius 2 is 1.51 bits per heavy atom. The summed E-state index contributed by atoms with van der Waals surface area (Å²) in [5.41, 5.74) is 13.6. The zero-order valence-electron chi connectivity index (χ0n) is 27.8. The Labute approximate surface area is 286 Å². The smallest absolute Gasteiger partial charge is 0.303 e. The molecule has 0 aliphatic carbocycles. The number of hydrogen-bond acceptors (Lipinski definition) is 5. The van der Waals surface area contributed by atoms with Crippen molar-refractivity contribution in [2.24, 2.45) is 5.73 Å². The second-order valence-electron chi connectivity index (χ2n) is 11.5. The zero-order valence-corrected chi connectivity index (χ0v) is 27.8. The van der Waals surface area contributed by atoms with E-state index in [1.54, 1.807) is 18.2 Å². The molecule has 0 saturated heterocycles. The quantitative estimate of drug-likeness (QED) is 0.0460. The van der Waals surface area contributed by atoms with Gasteiger partial charge in [-0.25, -0.2) is 9.37 Å². The van der Waals surface area contributed by atoms with Crippen LogP contribution in [0.2, 0.25) is 0 Å². The second kappa shape index (κ2) is 17.9. The van der Waals surface area contributed by atoms with Crippen molar-refractivity contribution >= 4 is 29.4 Å². The molecule has 9 heteroatoms. The van der Waals surface area contributed by atoms with Crippen LogP contribution in [0.25, 0.3) is 40.0 Å². The molecule has 0 unspecified atom stereocenters. The van der Waals surface area contributed by atoms with Crippen molar-refractivity contribution in [3.05, 3.63) is 126 Å². The lowest BCUT2D eigenvalue weighted by atomic mass is 10.0. The van der Waals surface area contributed by atoms with Gasteiger partial charge >= 0.3 is 5.97 Å². The number of halogens is 1. The van der Waals surface area contributed by atoms with Crippen molar-refractivity contribution in [2.75, 3.05) is 11.9 Å². The molecule has 0 spiro atoms. The number of benzene rings is 4. The van der Waals surface area contributed by atoms with Gasteiger partial charge in [-0.2, -0.15) is 0 Å². The minimum Gasteiger partial charge on any atom is -0.481 e. The number of imidazole rings is 1. The minimum atomic E-state index is -0.920. The van der Waals surface area contributed by atoms with Gasteiger partial charge in [-0.3, -0.25) is 9.59 Å². The van der Waals surface area contributed by atoms with E-state index in [1.807, 2.05) is 79.7 Å². The standard InChI is InChI=1S/C32H33N5O3.C8H9F/c1-2-3-20-35-26-15-13-25(14-16-26)32-36-30(23-7-4-21(5-8-23)6-18-28(34)38)31(37-32)24-11-9-22(10-12-24)27(33)17-19-29(39)40;1-2-7-3-5-8(9)6-4-7/h4-16,18,33,35H,2-3,17,19-20H2,1H3,(H2,34,38)(H,36,37)(H,39,40);3-6H,2H2,1H3/b18-6+,33-27?;. The van der Waals surface area contributed by atoms with Gasteiger partial charge in [-0.15, -0.1) is 0 Å². The van der Waals surface area contributed by atoms with Crippen molar-refractivity contribution in [3.63, 3.8) is 0 Å². The maximum absolute atomic E-state index is 12.2. The topological polar surface area (TPSA) is 145 Å². The summed E-state index contributed by atoms with van der Waals surface area (Å²) in [6.45, 7) is 5.14. The molecule has 1 heterocycles. The average molecular weight is 660 g/mol. The van der Waals surface area contributed by atoms with Crippen LogP contribution in [-0.2, 0) is 16.0 Å². The first-order chi connectivity index (χ1) is 23.7. The Kier molecular flexibility index (Phi) is 13.2. The summed E-state index contributed by atoms with van der Waals surface area (Å²) >= 11 is 0. The fourth-order valence-corrected chi connectivity index (χ4v) is 4.95. The lowest BCUT2D eigenvalue weighted by Crippen LogP contribution is -2.05. The first-order valence-corrected chi connectivity index (χ1v) is 16.3. The fraction of sp³-hybridized carbons (Fsp3) is 0.200. The predicted molar refractivity (Wildman–Crippen MR) is 196 cm³/mol. The first kappa shape index (κ1) is 36.0. The number of hydrogen-bond donors (Lipinski definition) is 5. The summed E-state index contributed by atoms with van der Waals surface area (Å²) in [5, 5.41) is 20.6. The van der Waals surface area contributed by atoms with Gasteiger partial charge in [0.15, 0.2) is 0 Å². The van der Waals surface area contributed by atoms with Crippen LogP contribution >= 0.6 is 0 Å². The van der Waals surface area contributed by atoms with Gasteiger partial charge in [0, 0.05) is 40.7 Å². The number of aliphatic carboxylic acids is 1. The van der Waals surface area contributed by atoms with Crippen LogP contribution in [0.15, 0.2) is 103 Å². The number of carboxylic acid groups (broad SMARTS) is 1. The molecule has 0 fully saturated rings. The number of aryl methyl sites for hydroxylation is 1. The molecule has 0 bridgehead atoms. The van der Waals surface area contributed by atoms with Gasteiger partial charge in [0.2, 0.25) is 5.91 Å². The fourth-order valence-electron chi connectivity index (χ4n) is 4.95. The molecule has 8 nitrogen and oxygen atoms in total. The predicted octanol–water partition coefficient (Wildman–Crippen LogP) is 8.74. The number of nitrogens with one attached hydrogen (secondary N) is 3. The van der Waals surface area contributed by atoms with Crippen LogP contribution in [-0.4, -0.2) is 39.2 Å². The molecule has 252 valence electrons. The molecule has 0 saturated carbocycles. The van der Waals surface area contributed by atoms with Crippen LogP contribution in [0, 0.1) is 11.2 Å². The third kappa shape index (κ3) is 10.9. The highest BCUT2D eigenvalue weighted by atomic mass is 19.1. The molecular weight excluding hydrogens is 617 g/mol. The number of aromatic nitrogens is 2. The average Bonchev–Trinajstić information content (AvgIpc) is 3.56. The van der Waals surface area contributed by atoms with E-state index in [4.69, 9.17) is 21.2 Å². The zero-order chi connectivity index (χ0) is 35.2. The Hall–Kier alpha value is -5.83. The monoisotopic (exact) mass is 659 g/mol. The van der Waals surface area contributed by atoms with E-state index in [0.29, 0.717) is 5.56 Å². The van der Waals surface area contributed by atoms with Crippen molar-refractivity contribution in [3.8, 4) is 33.9 Å². The molecule has 0 atom stereocenters. The number of aromatic amines is 1. The Balaban J connectivity index is 0.000000520. The molecule has 4 aromatic carbocycles. The van der Waals surface area contributed by atoms with Crippen LogP contribution in [0.3, 0.4) is 0 Å². The third-order valence-corrected chi connectivity index (χ3v) is 7.78. The number of carbonyl (C=O) groups excluding carboxylic acids is 1. The molecule has 0 aliphatic rings. The highest BCUT2D eigenvalue weighted by Gasteiger charge is 2.16.